The zero-order valence-corrected chi connectivity index (χ0v) is 11.3. The Kier molecular flexibility index (Phi) is 4.86. The molecular weight excluding hydrogens is 238 g/mol. The highest BCUT2D eigenvalue weighted by molar-refractivity contribution is 5.25. The molecule has 4 heteroatoms. The summed E-state index contributed by atoms with van der Waals surface area (Å²) in [5, 5.41) is 3.33. The van der Waals surface area contributed by atoms with E-state index >= 15 is 0 Å². The van der Waals surface area contributed by atoms with Gasteiger partial charge >= 0.3 is 0 Å². The molecule has 0 saturated heterocycles. The summed E-state index contributed by atoms with van der Waals surface area (Å²) in [7, 11) is 0. The van der Waals surface area contributed by atoms with Crippen molar-refractivity contribution in [3.8, 4) is 11.6 Å². The summed E-state index contributed by atoms with van der Waals surface area (Å²) in [5.74, 6) is 1.91. The lowest BCUT2D eigenvalue weighted by Crippen LogP contribution is -2.19. The Morgan fingerprint density at radius 2 is 1.95 bits per heavy atom. The van der Waals surface area contributed by atoms with E-state index in [0.29, 0.717) is 18.3 Å². The van der Waals surface area contributed by atoms with Crippen LogP contribution in [-0.2, 0) is 6.54 Å². The second kappa shape index (κ2) is 6.85. The lowest BCUT2D eigenvalue weighted by Gasteiger charge is -2.08. The second-order valence-corrected chi connectivity index (χ2v) is 4.79. The summed E-state index contributed by atoms with van der Waals surface area (Å²) in [6, 6.07) is 9.59. The number of ether oxygens (including phenoxy) is 1. The number of nitrogens with zero attached hydrogens (tertiary/aromatic N) is 2. The number of benzene rings is 1. The van der Waals surface area contributed by atoms with Crippen LogP contribution in [0.3, 0.4) is 0 Å². The van der Waals surface area contributed by atoms with Crippen LogP contribution in [0.25, 0.3) is 0 Å². The summed E-state index contributed by atoms with van der Waals surface area (Å²) in [5.41, 5.74) is 0.883. The molecule has 0 aliphatic heterocycles. The van der Waals surface area contributed by atoms with Gasteiger partial charge in [0.1, 0.15) is 5.75 Å². The molecule has 0 amide bonds. The SMILES string of the molecule is CC(C)CNCc1cncc(Oc2ccccc2)n1. The maximum absolute atomic E-state index is 5.65. The lowest BCUT2D eigenvalue weighted by atomic mass is 10.2. The summed E-state index contributed by atoms with van der Waals surface area (Å²) >= 11 is 0. The van der Waals surface area contributed by atoms with Gasteiger partial charge in [-0.05, 0) is 24.6 Å². The van der Waals surface area contributed by atoms with Crippen molar-refractivity contribution in [2.24, 2.45) is 5.92 Å². The standard InChI is InChI=1S/C15H19N3O/c1-12(2)8-16-9-13-10-17-11-15(18-13)19-14-6-4-3-5-7-14/h3-7,10-12,16H,8-9H2,1-2H3. The molecule has 2 aromatic rings. The summed E-state index contributed by atoms with van der Waals surface area (Å²) < 4.78 is 5.65. The largest absolute Gasteiger partial charge is 0.437 e. The predicted octanol–water partition coefficient (Wildman–Crippen LogP) is 3.01. The molecule has 0 aliphatic rings. The Morgan fingerprint density at radius 3 is 2.68 bits per heavy atom. The maximum Gasteiger partial charge on any atom is 0.238 e. The Morgan fingerprint density at radius 1 is 1.16 bits per heavy atom. The van der Waals surface area contributed by atoms with E-state index in [9.17, 15) is 0 Å². The third-order valence-electron chi connectivity index (χ3n) is 2.49. The molecule has 0 unspecified atom stereocenters. The molecule has 1 aromatic carbocycles. The fourth-order valence-electron chi connectivity index (χ4n) is 1.62. The number of rotatable bonds is 6. The number of para-hydroxylation sites is 1. The van der Waals surface area contributed by atoms with Gasteiger partial charge in [0.25, 0.3) is 0 Å². The first-order valence-corrected chi connectivity index (χ1v) is 6.48. The van der Waals surface area contributed by atoms with E-state index in [2.05, 4.69) is 29.1 Å². The first-order valence-electron chi connectivity index (χ1n) is 6.48. The van der Waals surface area contributed by atoms with Gasteiger partial charge in [-0.1, -0.05) is 32.0 Å². The summed E-state index contributed by atoms with van der Waals surface area (Å²) in [4.78, 5) is 8.57. The Bertz CT molecular complexity index is 500. The van der Waals surface area contributed by atoms with Gasteiger partial charge in [0.15, 0.2) is 0 Å². The van der Waals surface area contributed by atoms with Gasteiger partial charge in [0.2, 0.25) is 5.88 Å². The molecule has 0 bridgehead atoms. The van der Waals surface area contributed by atoms with Crippen molar-refractivity contribution in [2.75, 3.05) is 6.54 Å². The van der Waals surface area contributed by atoms with Crippen LogP contribution in [-0.4, -0.2) is 16.5 Å². The van der Waals surface area contributed by atoms with E-state index in [1.807, 2.05) is 30.3 Å². The molecule has 2 rings (SSSR count). The molecule has 0 spiro atoms. The molecule has 19 heavy (non-hydrogen) atoms. The van der Waals surface area contributed by atoms with E-state index < -0.39 is 0 Å². The van der Waals surface area contributed by atoms with Crippen LogP contribution >= 0.6 is 0 Å². The van der Waals surface area contributed by atoms with Gasteiger partial charge in [-0.25, -0.2) is 4.98 Å². The van der Waals surface area contributed by atoms with E-state index in [4.69, 9.17) is 4.74 Å². The number of aromatic nitrogens is 2. The maximum atomic E-state index is 5.65. The van der Waals surface area contributed by atoms with Crippen molar-refractivity contribution in [2.45, 2.75) is 20.4 Å². The zero-order chi connectivity index (χ0) is 13.5. The van der Waals surface area contributed by atoms with E-state index in [0.717, 1.165) is 18.0 Å². The van der Waals surface area contributed by atoms with Gasteiger partial charge in [0, 0.05) is 12.7 Å². The number of hydrogen-bond acceptors (Lipinski definition) is 4. The van der Waals surface area contributed by atoms with Crippen molar-refractivity contribution in [1.29, 1.82) is 0 Å². The minimum absolute atomic E-state index is 0.523. The average molecular weight is 257 g/mol. The molecule has 1 heterocycles. The van der Waals surface area contributed by atoms with Crippen LogP contribution < -0.4 is 10.1 Å². The van der Waals surface area contributed by atoms with Crippen molar-refractivity contribution in [3.63, 3.8) is 0 Å². The molecule has 1 aromatic heterocycles. The molecule has 100 valence electrons. The molecule has 0 radical (unpaired) electrons. The smallest absolute Gasteiger partial charge is 0.238 e. The van der Waals surface area contributed by atoms with Crippen molar-refractivity contribution in [1.82, 2.24) is 15.3 Å². The second-order valence-electron chi connectivity index (χ2n) is 4.79. The fourth-order valence-corrected chi connectivity index (χ4v) is 1.62. The van der Waals surface area contributed by atoms with E-state index in [1.165, 1.54) is 0 Å². The monoisotopic (exact) mass is 257 g/mol. The van der Waals surface area contributed by atoms with E-state index in [1.54, 1.807) is 12.4 Å². The molecule has 0 saturated carbocycles. The Balaban J connectivity index is 1.95. The predicted molar refractivity (Wildman–Crippen MR) is 75.1 cm³/mol. The van der Waals surface area contributed by atoms with E-state index in [-0.39, 0.29) is 0 Å². The van der Waals surface area contributed by atoms with Gasteiger partial charge in [-0.3, -0.25) is 4.98 Å². The third kappa shape index (κ3) is 4.67. The van der Waals surface area contributed by atoms with Crippen LogP contribution in [0, 0.1) is 5.92 Å². The van der Waals surface area contributed by atoms with Crippen LogP contribution in [0.4, 0.5) is 0 Å². The average Bonchev–Trinajstić information content (AvgIpc) is 2.40. The summed E-state index contributed by atoms with van der Waals surface area (Å²) in [6.07, 6.45) is 3.38. The molecular formula is C15H19N3O. The van der Waals surface area contributed by atoms with Crippen LogP contribution in [0.1, 0.15) is 19.5 Å². The lowest BCUT2D eigenvalue weighted by molar-refractivity contribution is 0.455. The Labute approximate surface area is 113 Å². The van der Waals surface area contributed by atoms with Crippen LogP contribution in [0.2, 0.25) is 0 Å². The minimum atomic E-state index is 0.523. The quantitative estimate of drug-likeness (QED) is 0.864. The third-order valence-corrected chi connectivity index (χ3v) is 2.49. The Hall–Kier alpha value is -1.94. The first-order chi connectivity index (χ1) is 9.24. The summed E-state index contributed by atoms with van der Waals surface area (Å²) in [6.45, 7) is 6.02. The highest BCUT2D eigenvalue weighted by Gasteiger charge is 2.02. The molecule has 0 aliphatic carbocycles. The first kappa shape index (κ1) is 13.5. The molecule has 4 nitrogen and oxygen atoms in total. The highest BCUT2D eigenvalue weighted by atomic mass is 16.5. The van der Waals surface area contributed by atoms with Crippen molar-refractivity contribution >= 4 is 0 Å². The van der Waals surface area contributed by atoms with Gasteiger partial charge in [-0.15, -0.1) is 0 Å². The van der Waals surface area contributed by atoms with Crippen LogP contribution in [0.5, 0.6) is 11.6 Å². The molecule has 0 fully saturated rings. The normalized spacial score (nSPS) is 10.7. The van der Waals surface area contributed by atoms with Crippen molar-refractivity contribution < 1.29 is 4.74 Å². The van der Waals surface area contributed by atoms with Gasteiger partial charge in [0.05, 0.1) is 11.9 Å². The highest BCUT2D eigenvalue weighted by Crippen LogP contribution is 2.17. The molecule has 1 N–H and O–H groups in total. The minimum Gasteiger partial charge on any atom is -0.437 e. The zero-order valence-electron chi connectivity index (χ0n) is 11.3. The number of hydrogen-bond donors (Lipinski definition) is 1. The van der Waals surface area contributed by atoms with Gasteiger partial charge in [-0.2, -0.15) is 0 Å². The van der Waals surface area contributed by atoms with Crippen LogP contribution in [0.15, 0.2) is 42.7 Å². The van der Waals surface area contributed by atoms with Gasteiger partial charge < -0.3 is 10.1 Å². The molecule has 0 atom stereocenters. The topological polar surface area (TPSA) is 47.0 Å². The fraction of sp³-hybridized carbons (Fsp3) is 0.333. The van der Waals surface area contributed by atoms with Crippen molar-refractivity contribution in [3.05, 3.63) is 48.4 Å². The number of nitrogens with one attached hydrogen (secondary N) is 1.